The van der Waals surface area contributed by atoms with Crippen molar-refractivity contribution in [2.45, 2.75) is 19.8 Å². The highest BCUT2D eigenvalue weighted by Gasteiger charge is 2.24. The van der Waals surface area contributed by atoms with Gasteiger partial charge in [-0.25, -0.2) is 0 Å². The molecule has 0 bridgehead atoms. The second-order valence-electron chi connectivity index (χ2n) is 4.31. The third-order valence-corrected chi connectivity index (χ3v) is 3.25. The maximum atomic E-state index is 12.1. The Morgan fingerprint density at radius 2 is 2.25 bits per heavy atom. The van der Waals surface area contributed by atoms with Gasteiger partial charge >= 0.3 is 0 Å². The Bertz CT molecular complexity index is 364. The number of aryl methyl sites for hydroxylation is 1. The van der Waals surface area contributed by atoms with Crippen LogP contribution in [0.2, 0.25) is 0 Å². The summed E-state index contributed by atoms with van der Waals surface area (Å²) in [6, 6.07) is 1.72. The van der Waals surface area contributed by atoms with Crippen LogP contribution in [-0.2, 0) is 0 Å². The number of piperidine rings is 1. The predicted octanol–water partition coefficient (Wildman–Crippen LogP) is 1.43. The van der Waals surface area contributed by atoms with Gasteiger partial charge in [-0.15, -0.1) is 0 Å². The van der Waals surface area contributed by atoms with Crippen LogP contribution in [0.1, 0.15) is 29.0 Å². The molecule has 16 heavy (non-hydrogen) atoms. The van der Waals surface area contributed by atoms with Gasteiger partial charge in [0.2, 0.25) is 0 Å². The molecule has 1 aromatic heterocycles. The quantitative estimate of drug-likeness (QED) is 0.825. The molecule has 1 aromatic rings. The van der Waals surface area contributed by atoms with Crippen LogP contribution in [0, 0.1) is 12.8 Å². The molecule has 4 nitrogen and oxygen atoms in total. The highest BCUT2D eigenvalue weighted by Crippen LogP contribution is 2.20. The molecule has 1 amide bonds. The molecule has 0 unspecified atom stereocenters. The van der Waals surface area contributed by atoms with Crippen LogP contribution < -0.4 is 0 Å². The fourth-order valence-electron chi connectivity index (χ4n) is 2.10. The highest BCUT2D eigenvalue weighted by atomic mass is 16.3. The Morgan fingerprint density at radius 1 is 1.56 bits per heavy atom. The zero-order valence-corrected chi connectivity index (χ0v) is 9.48. The summed E-state index contributed by atoms with van der Waals surface area (Å²) in [7, 11) is 0. The number of aliphatic hydroxyl groups excluding tert-OH is 1. The van der Waals surface area contributed by atoms with Gasteiger partial charge in [-0.3, -0.25) is 4.79 Å². The summed E-state index contributed by atoms with van der Waals surface area (Å²) < 4.78 is 5.13. The maximum Gasteiger partial charge on any atom is 0.257 e. The Kier molecular flexibility index (Phi) is 3.29. The second-order valence-corrected chi connectivity index (χ2v) is 4.31. The number of aliphatic hydroxyl groups is 1. The van der Waals surface area contributed by atoms with Gasteiger partial charge in [0, 0.05) is 19.7 Å². The van der Waals surface area contributed by atoms with Gasteiger partial charge in [0.15, 0.2) is 0 Å². The fraction of sp³-hybridized carbons (Fsp3) is 0.583. The molecule has 4 heteroatoms. The molecule has 1 N–H and O–H groups in total. The van der Waals surface area contributed by atoms with Gasteiger partial charge in [0.25, 0.3) is 5.91 Å². The van der Waals surface area contributed by atoms with Crippen LogP contribution in [0.3, 0.4) is 0 Å². The van der Waals surface area contributed by atoms with Crippen molar-refractivity contribution in [2.75, 3.05) is 19.7 Å². The monoisotopic (exact) mass is 223 g/mol. The summed E-state index contributed by atoms with van der Waals surface area (Å²) in [5.74, 6) is 1.08. The predicted molar refractivity (Wildman–Crippen MR) is 59.2 cm³/mol. The van der Waals surface area contributed by atoms with E-state index in [1.54, 1.807) is 19.3 Å². The average molecular weight is 223 g/mol. The Labute approximate surface area is 94.9 Å². The van der Waals surface area contributed by atoms with E-state index in [1.165, 1.54) is 0 Å². The van der Waals surface area contributed by atoms with Gasteiger partial charge in [0.05, 0.1) is 11.8 Å². The van der Waals surface area contributed by atoms with Crippen molar-refractivity contribution in [3.63, 3.8) is 0 Å². The molecule has 0 atom stereocenters. The van der Waals surface area contributed by atoms with E-state index < -0.39 is 0 Å². The van der Waals surface area contributed by atoms with E-state index in [1.807, 2.05) is 4.90 Å². The molecule has 1 fully saturated rings. The first kappa shape index (κ1) is 11.2. The van der Waals surface area contributed by atoms with E-state index in [0.29, 0.717) is 17.2 Å². The second kappa shape index (κ2) is 4.70. The number of likely N-dealkylation sites (tertiary alicyclic amines) is 1. The molecule has 88 valence electrons. The number of amides is 1. The van der Waals surface area contributed by atoms with Gasteiger partial charge in [-0.1, -0.05) is 0 Å². The zero-order valence-electron chi connectivity index (χ0n) is 9.48. The molecule has 0 spiro atoms. The van der Waals surface area contributed by atoms with Gasteiger partial charge < -0.3 is 14.4 Å². The van der Waals surface area contributed by atoms with Crippen LogP contribution in [0.5, 0.6) is 0 Å². The lowest BCUT2D eigenvalue weighted by Gasteiger charge is -2.30. The standard InChI is InChI=1S/C12H17NO3/c1-9-11(4-7-16-9)12(15)13-5-2-10(8-14)3-6-13/h4,7,10,14H,2-3,5-6,8H2,1H3. The molecule has 2 rings (SSSR count). The minimum atomic E-state index is 0.0441. The van der Waals surface area contributed by atoms with Crippen LogP contribution in [0.25, 0.3) is 0 Å². The van der Waals surface area contributed by atoms with E-state index in [0.717, 1.165) is 25.9 Å². The molecule has 1 saturated heterocycles. The first-order valence-electron chi connectivity index (χ1n) is 5.66. The molecule has 0 aliphatic carbocycles. The summed E-state index contributed by atoms with van der Waals surface area (Å²) >= 11 is 0. The molecular weight excluding hydrogens is 206 g/mol. The lowest BCUT2D eigenvalue weighted by atomic mass is 9.97. The minimum Gasteiger partial charge on any atom is -0.469 e. The summed E-state index contributed by atoms with van der Waals surface area (Å²) in [5.41, 5.74) is 0.655. The SMILES string of the molecule is Cc1occc1C(=O)N1CCC(CO)CC1. The first-order valence-corrected chi connectivity index (χ1v) is 5.66. The number of hydrogen-bond acceptors (Lipinski definition) is 3. The lowest BCUT2D eigenvalue weighted by Crippen LogP contribution is -2.39. The van der Waals surface area contributed by atoms with Crippen LogP contribution in [-0.4, -0.2) is 35.6 Å². The Hall–Kier alpha value is -1.29. The van der Waals surface area contributed by atoms with Crippen molar-refractivity contribution >= 4 is 5.91 Å². The number of furan rings is 1. The molecule has 1 aliphatic rings. The Balaban J connectivity index is 2.00. The molecule has 0 aromatic carbocycles. The van der Waals surface area contributed by atoms with Gasteiger partial charge in [-0.05, 0) is 31.7 Å². The number of hydrogen-bond donors (Lipinski definition) is 1. The molecule has 1 aliphatic heterocycles. The van der Waals surface area contributed by atoms with Crippen LogP contribution >= 0.6 is 0 Å². The third-order valence-electron chi connectivity index (χ3n) is 3.25. The largest absolute Gasteiger partial charge is 0.469 e. The van der Waals surface area contributed by atoms with E-state index in [4.69, 9.17) is 9.52 Å². The summed E-state index contributed by atoms with van der Waals surface area (Å²) in [5, 5.41) is 9.03. The zero-order chi connectivity index (χ0) is 11.5. The first-order chi connectivity index (χ1) is 7.72. The lowest BCUT2D eigenvalue weighted by molar-refractivity contribution is 0.0649. The van der Waals surface area contributed by atoms with Crippen molar-refractivity contribution in [1.29, 1.82) is 0 Å². The fourth-order valence-corrected chi connectivity index (χ4v) is 2.10. The van der Waals surface area contributed by atoms with Crippen molar-refractivity contribution < 1.29 is 14.3 Å². The van der Waals surface area contributed by atoms with E-state index in [9.17, 15) is 4.79 Å². The molecule has 0 saturated carbocycles. The Morgan fingerprint density at radius 3 is 2.75 bits per heavy atom. The minimum absolute atomic E-state index is 0.0441. The maximum absolute atomic E-state index is 12.1. The highest BCUT2D eigenvalue weighted by molar-refractivity contribution is 5.95. The smallest absolute Gasteiger partial charge is 0.257 e. The number of rotatable bonds is 2. The van der Waals surface area contributed by atoms with Crippen LogP contribution in [0.4, 0.5) is 0 Å². The van der Waals surface area contributed by atoms with Crippen molar-refractivity contribution in [3.05, 3.63) is 23.7 Å². The normalized spacial score (nSPS) is 17.8. The van der Waals surface area contributed by atoms with E-state index in [-0.39, 0.29) is 12.5 Å². The number of nitrogens with zero attached hydrogens (tertiary/aromatic N) is 1. The van der Waals surface area contributed by atoms with Crippen molar-refractivity contribution in [1.82, 2.24) is 4.90 Å². The van der Waals surface area contributed by atoms with Crippen molar-refractivity contribution in [3.8, 4) is 0 Å². The van der Waals surface area contributed by atoms with E-state index >= 15 is 0 Å². The van der Waals surface area contributed by atoms with Gasteiger partial charge in [0.1, 0.15) is 5.76 Å². The number of carbonyl (C=O) groups excluding carboxylic acids is 1. The molecule has 0 radical (unpaired) electrons. The van der Waals surface area contributed by atoms with E-state index in [2.05, 4.69) is 0 Å². The number of carbonyl (C=O) groups is 1. The molecular formula is C12H17NO3. The summed E-state index contributed by atoms with van der Waals surface area (Å²) in [6.07, 6.45) is 3.32. The van der Waals surface area contributed by atoms with Crippen LogP contribution in [0.15, 0.2) is 16.7 Å². The topological polar surface area (TPSA) is 53.7 Å². The molecule has 2 heterocycles. The average Bonchev–Trinajstić information content (AvgIpc) is 2.75. The van der Waals surface area contributed by atoms with Gasteiger partial charge in [-0.2, -0.15) is 0 Å². The summed E-state index contributed by atoms with van der Waals surface area (Å²) in [6.45, 7) is 3.49. The van der Waals surface area contributed by atoms with Crippen molar-refractivity contribution in [2.24, 2.45) is 5.92 Å². The third kappa shape index (κ3) is 2.11. The summed E-state index contributed by atoms with van der Waals surface area (Å²) in [4.78, 5) is 13.9.